The van der Waals surface area contributed by atoms with Crippen molar-refractivity contribution in [2.75, 3.05) is 7.05 Å². The summed E-state index contributed by atoms with van der Waals surface area (Å²) in [5.41, 5.74) is 0. The number of hydrogen-bond donors (Lipinski definition) is 1. The maximum absolute atomic E-state index is 3.25. The molecule has 64 valence electrons. The molecule has 0 aliphatic rings. The van der Waals surface area contributed by atoms with E-state index in [0.29, 0.717) is 6.04 Å². The van der Waals surface area contributed by atoms with Crippen LogP contribution in [0.5, 0.6) is 0 Å². The zero-order chi connectivity index (χ0) is 8.55. The summed E-state index contributed by atoms with van der Waals surface area (Å²) in [4.78, 5) is 1.43. The molecule has 1 unspecified atom stereocenters. The molecule has 1 N–H and O–H groups in total. The van der Waals surface area contributed by atoms with Crippen molar-refractivity contribution in [2.24, 2.45) is 0 Å². The van der Waals surface area contributed by atoms with Crippen molar-refractivity contribution in [3.63, 3.8) is 0 Å². The van der Waals surface area contributed by atoms with Crippen LogP contribution in [0.1, 0.15) is 17.8 Å². The maximum atomic E-state index is 3.25. The molecule has 2 aromatic heterocycles. The summed E-state index contributed by atoms with van der Waals surface area (Å²) < 4.78 is 2.83. The highest BCUT2D eigenvalue weighted by Crippen LogP contribution is 2.32. The fourth-order valence-corrected chi connectivity index (χ4v) is 3.32. The zero-order valence-corrected chi connectivity index (χ0v) is 8.76. The molecule has 2 rings (SSSR count). The van der Waals surface area contributed by atoms with Crippen molar-refractivity contribution in [3.05, 3.63) is 22.4 Å². The Hall–Kier alpha value is -0.380. The first-order chi connectivity index (χ1) is 5.81. The van der Waals surface area contributed by atoms with Gasteiger partial charge in [0.2, 0.25) is 0 Å². The third-order valence-corrected chi connectivity index (χ3v) is 4.29. The normalized spacial score (nSPS) is 13.8. The van der Waals surface area contributed by atoms with E-state index in [9.17, 15) is 0 Å². The van der Waals surface area contributed by atoms with Gasteiger partial charge in [0.05, 0.1) is 0 Å². The van der Waals surface area contributed by atoms with Crippen LogP contribution in [0.2, 0.25) is 0 Å². The predicted octanol–water partition coefficient (Wildman–Crippen LogP) is 3.24. The summed E-state index contributed by atoms with van der Waals surface area (Å²) in [5.74, 6) is 0. The Labute approximate surface area is 80.0 Å². The minimum Gasteiger partial charge on any atom is -0.313 e. The van der Waals surface area contributed by atoms with Crippen LogP contribution in [0.3, 0.4) is 0 Å². The fraction of sp³-hybridized carbons (Fsp3) is 0.333. The molecular formula is C9H11NS2. The molecule has 0 saturated carbocycles. The van der Waals surface area contributed by atoms with Crippen LogP contribution < -0.4 is 5.32 Å². The molecular weight excluding hydrogens is 186 g/mol. The average Bonchev–Trinajstić information content (AvgIpc) is 2.60. The van der Waals surface area contributed by atoms with Crippen LogP contribution in [0.25, 0.3) is 9.40 Å². The second-order valence-corrected chi connectivity index (χ2v) is 4.87. The van der Waals surface area contributed by atoms with E-state index in [1.54, 1.807) is 0 Å². The van der Waals surface area contributed by atoms with Gasteiger partial charge in [-0.05, 0) is 31.5 Å². The Morgan fingerprint density at radius 2 is 2.25 bits per heavy atom. The first kappa shape index (κ1) is 8.23. The van der Waals surface area contributed by atoms with E-state index in [1.807, 2.05) is 29.7 Å². The van der Waals surface area contributed by atoms with Gasteiger partial charge in [-0.3, -0.25) is 0 Å². The minimum absolute atomic E-state index is 0.481. The molecule has 0 fully saturated rings. The lowest BCUT2D eigenvalue weighted by molar-refractivity contribution is 0.664. The van der Waals surface area contributed by atoms with Gasteiger partial charge in [0.15, 0.2) is 0 Å². The van der Waals surface area contributed by atoms with E-state index in [2.05, 4.69) is 29.8 Å². The van der Waals surface area contributed by atoms with Gasteiger partial charge in [-0.15, -0.1) is 22.7 Å². The van der Waals surface area contributed by atoms with Crippen molar-refractivity contribution in [2.45, 2.75) is 13.0 Å². The van der Waals surface area contributed by atoms with E-state index in [1.165, 1.54) is 14.3 Å². The van der Waals surface area contributed by atoms with Gasteiger partial charge >= 0.3 is 0 Å². The lowest BCUT2D eigenvalue weighted by Gasteiger charge is -2.05. The van der Waals surface area contributed by atoms with Crippen LogP contribution in [-0.4, -0.2) is 7.05 Å². The fourth-order valence-electron chi connectivity index (χ4n) is 1.14. The number of thiophene rings is 2. The van der Waals surface area contributed by atoms with Crippen LogP contribution in [0, 0.1) is 0 Å². The first-order valence-corrected chi connectivity index (χ1v) is 5.65. The van der Waals surface area contributed by atoms with Crippen LogP contribution in [0.15, 0.2) is 17.5 Å². The molecule has 0 aliphatic carbocycles. The summed E-state index contributed by atoms with van der Waals surface area (Å²) in [7, 11) is 2.00. The highest BCUT2D eigenvalue weighted by atomic mass is 32.1. The molecule has 2 aromatic rings. The van der Waals surface area contributed by atoms with Crippen molar-refractivity contribution < 1.29 is 0 Å². The molecule has 0 aliphatic heterocycles. The van der Waals surface area contributed by atoms with Crippen molar-refractivity contribution in [1.29, 1.82) is 0 Å². The van der Waals surface area contributed by atoms with Gasteiger partial charge in [0.1, 0.15) is 0 Å². The molecule has 0 spiro atoms. The van der Waals surface area contributed by atoms with E-state index < -0.39 is 0 Å². The number of rotatable bonds is 2. The van der Waals surface area contributed by atoms with Gasteiger partial charge in [0, 0.05) is 20.3 Å². The molecule has 1 atom stereocenters. The standard InChI is InChI=1S/C9H11NS2/c1-6(10-2)8-5-9-7(12-8)3-4-11-9/h3-6,10H,1-2H3. The Morgan fingerprint density at radius 3 is 2.92 bits per heavy atom. The summed E-state index contributed by atoms with van der Waals surface area (Å²) in [6.45, 7) is 2.19. The molecule has 12 heavy (non-hydrogen) atoms. The lowest BCUT2D eigenvalue weighted by atomic mass is 10.3. The van der Waals surface area contributed by atoms with Crippen molar-refractivity contribution in [3.8, 4) is 0 Å². The Balaban J connectivity index is 2.44. The molecule has 1 nitrogen and oxygen atoms in total. The topological polar surface area (TPSA) is 12.0 Å². The SMILES string of the molecule is CNC(C)c1cc2sccc2s1. The van der Waals surface area contributed by atoms with E-state index in [-0.39, 0.29) is 0 Å². The number of hydrogen-bond acceptors (Lipinski definition) is 3. The average molecular weight is 197 g/mol. The highest BCUT2D eigenvalue weighted by molar-refractivity contribution is 7.26. The number of nitrogens with one attached hydrogen (secondary N) is 1. The van der Waals surface area contributed by atoms with Crippen LogP contribution in [0.4, 0.5) is 0 Å². The maximum Gasteiger partial charge on any atom is 0.0454 e. The Kier molecular flexibility index (Phi) is 2.17. The molecule has 0 radical (unpaired) electrons. The third kappa shape index (κ3) is 1.28. The van der Waals surface area contributed by atoms with Crippen molar-refractivity contribution in [1.82, 2.24) is 5.32 Å². The molecule has 2 heterocycles. The highest BCUT2D eigenvalue weighted by Gasteiger charge is 2.07. The molecule has 0 bridgehead atoms. The zero-order valence-electron chi connectivity index (χ0n) is 7.13. The summed E-state index contributed by atoms with van der Waals surface area (Å²) in [6, 6.07) is 4.96. The third-order valence-electron chi connectivity index (χ3n) is 2.02. The second-order valence-electron chi connectivity index (χ2n) is 2.81. The van der Waals surface area contributed by atoms with Gasteiger partial charge in [0.25, 0.3) is 0 Å². The molecule has 0 saturated heterocycles. The van der Waals surface area contributed by atoms with E-state index >= 15 is 0 Å². The number of fused-ring (bicyclic) bond motifs is 1. The molecule has 3 heteroatoms. The predicted molar refractivity (Wildman–Crippen MR) is 57.2 cm³/mol. The van der Waals surface area contributed by atoms with Crippen LogP contribution >= 0.6 is 22.7 Å². The second kappa shape index (κ2) is 3.17. The summed E-state index contributed by atoms with van der Waals surface area (Å²) >= 11 is 3.70. The van der Waals surface area contributed by atoms with Gasteiger partial charge in [-0.25, -0.2) is 0 Å². The van der Waals surface area contributed by atoms with Gasteiger partial charge in [-0.2, -0.15) is 0 Å². The summed E-state index contributed by atoms with van der Waals surface area (Å²) in [5, 5.41) is 5.39. The van der Waals surface area contributed by atoms with E-state index in [0.717, 1.165) is 0 Å². The monoisotopic (exact) mass is 197 g/mol. The molecule has 0 amide bonds. The first-order valence-electron chi connectivity index (χ1n) is 3.95. The Morgan fingerprint density at radius 1 is 1.42 bits per heavy atom. The molecule has 0 aromatic carbocycles. The smallest absolute Gasteiger partial charge is 0.0454 e. The summed E-state index contributed by atoms with van der Waals surface area (Å²) in [6.07, 6.45) is 0. The quantitative estimate of drug-likeness (QED) is 0.779. The Bertz CT molecular complexity index is 346. The van der Waals surface area contributed by atoms with Gasteiger partial charge < -0.3 is 5.32 Å². The largest absolute Gasteiger partial charge is 0.313 e. The van der Waals surface area contributed by atoms with Crippen molar-refractivity contribution >= 4 is 32.1 Å². The lowest BCUT2D eigenvalue weighted by Crippen LogP contribution is -2.10. The van der Waals surface area contributed by atoms with Crippen LogP contribution in [-0.2, 0) is 0 Å². The minimum atomic E-state index is 0.481. The van der Waals surface area contributed by atoms with E-state index in [4.69, 9.17) is 0 Å². The van der Waals surface area contributed by atoms with Gasteiger partial charge in [-0.1, -0.05) is 0 Å².